The molecule has 0 unspecified atom stereocenters. The summed E-state index contributed by atoms with van der Waals surface area (Å²) in [5, 5.41) is 2.88. The predicted molar refractivity (Wildman–Crippen MR) is 106 cm³/mol. The number of carbonyl (C=O) groups is 2. The monoisotopic (exact) mass is 379 g/mol. The summed E-state index contributed by atoms with van der Waals surface area (Å²) in [6.07, 6.45) is 2.19. The summed E-state index contributed by atoms with van der Waals surface area (Å²) in [4.78, 5) is 29.3. The predicted octanol–water partition coefficient (Wildman–Crippen LogP) is 3.08. The Bertz CT molecular complexity index is 864. The van der Waals surface area contributed by atoms with Crippen LogP contribution in [0.3, 0.4) is 0 Å². The molecule has 4 rings (SSSR count). The summed E-state index contributed by atoms with van der Waals surface area (Å²) in [6, 6.07) is 17.4. The molecule has 28 heavy (non-hydrogen) atoms. The van der Waals surface area contributed by atoms with Crippen molar-refractivity contribution < 1.29 is 14.3 Å². The van der Waals surface area contributed by atoms with Crippen molar-refractivity contribution >= 4 is 11.9 Å². The Hall–Kier alpha value is -2.86. The maximum absolute atomic E-state index is 13.2. The van der Waals surface area contributed by atoms with Gasteiger partial charge in [-0.05, 0) is 43.0 Å². The molecule has 0 bridgehead atoms. The molecule has 1 aliphatic heterocycles. The van der Waals surface area contributed by atoms with Gasteiger partial charge in [-0.3, -0.25) is 9.69 Å². The first-order valence-corrected chi connectivity index (χ1v) is 9.58. The highest BCUT2D eigenvalue weighted by atomic mass is 16.5. The molecule has 146 valence electrons. The molecule has 6 heteroatoms. The Labute approximate surface area is 165 Å². The SMILES string of the molecule is COc1ccc(CN(CN2C(=O)N[C@@](C)(c3ccccc3)C2=O)C2CC2)cc1. The van der Waals surface area contributed by atoms with Gasteiger partial charge in [0.2, 0.25) is 0 Å². The maximum Gasteiger partial charge on any atom is 0.326 e. The number of amides is 3. The van der Waals surface area contributed by atoms with E-state index in [4.69, 9.17) is 4.74 Å². The summed E-state index contributed by atoms with van der Waals surface area (Å²) in [6.45, 7) is 2.76. The summed E-state index contributed by atoms with van der Waals surface area (Å²) < 4.78 is 5.22. The molecule has 0 spiro atoms. The van der Waals surface area contributed by atoms with Crippen molar-refractivity contribution in [2.75, 3.05) is 13.8 Å². The van der Waals surface area contributed by atoms with Crippen LogP contribution < -0.4 is 10.1 Å². The summed E-state index contributed by atoms with van der Waals surface area (Å²) in [5.41, 5.74) is 0.905. The largest absolute Gasteiger partial charge is 0.497 e. The fraction of sp³-hybridized carbons (Fsp3) is 0.364. The number of hydrogen-bond donors (Lipinski definition) is 1. The minimum absolute atomic E-state index is 0.205. The molecule has 2 aliphatic rings. The van der Waals surface area contributed by atoms with Crippen LogP contribution in [0.5, 0.6) is 5.75 Å². The van der Waals surface area contributed by atoms with E-state index in [1.165, 1.54) is 4.90 Å². The lowest BCUT2D eigenvalue weighted by molar-refractivity contribution is -0.132. The Morgan fingerprint density at radius 3 is 2.39 bits per heavy atom. The summed E-state index contributed by atoms with van der Waals surface area (Å²) in [5.74, 6) is 0.610. The molecule has 1 atom stereocenters. The Morgan fingerprint density at radius 1 is 1.11 bits per heavy atom. The van der Waals surface area contributed by atoms with Crippen molar-refractivity contribution in [1.82, 2.24) is 15.1 Å². The third-order valence-electron chi connectivity index (χ3n) is 5.56. The zero-order valence-corrected chi connectivity index (χ0v) is 16.2. The van der Waals surface area contributed by atoms with Crippen LogP contribution in [0.25, 0.3) is 0 Å². The van der Waals surface area contributed by atoms with Gasteiger partial charge in [-0.25, -0.2) is 9.69 Å². The number of rotatable bonds is 7. The Kier molecular flexibility index (Phi) is 4.81. The third-order valence-corrected chi connectivity index (χ3v) is 5.56. The van der Waals surface area contributed by atoms with Crippen LogP contribution in [0, 0.1) is 0 Å². The van der Waals surface area contributed by atoms with Crippen LogP contribution in [0.2, 0.25) is 0 Å². The van der Waals surface area contributed by atoms with Gasteiger partial charge in [0.15, 0.2) is 0 Å². The van der Waals surface area contributed by atoms with Gasteiger partial charge < -0.3 is 10.1 Å². The molecular weight excluding hydrogens is 354 g/mol. The van der Waals surface area contributed by atoms with Gasteiger partial charge in [-0.15, -0.1) is 0 Å². The van der Waals surface area contributed by atoms with E-state index in [1.807, 2.05) is 54.6 Å². The molecule has 2 fully saturated rings. The van der Waals surface area contributed by atoms with E-state index in [0.717, 1.165) is 29.7 Å². The number of nitrogens with one attached hydrogen (secondary N) is 1. The standard InChI is InChI=1S/C22H25N3O3/c1-22(17-6-4-3-5-7-17)20(26)25(21(27)23-22)15-24(18-10-11-18)14-16-8-12-19(28-2)13-9-16/h3-9,12-13,18H,10-11,14-15H2,1-2H3,(H,23,27)/t22-/m0/s1. The van der Waals surface area contributed by atoms with Crippen LogP contribution >= 0.6 is 0 Å². The number of hydrogen-bond acceptors (Lipinski definition) is 4. The smallest absolute Gasteiger partial charge is 0.326 e. The Balaban J connectivity index is 1.51. The molecule has 2 aromatic rings. The molecule has 0 aromatic heterocycles. The summed E-state index contributed by atoms with van der Waals surface area (Å²) >= 11 is 0. The van der Waals surface area contributed by atoms with Crippen molar-refractivity contribution in [3.63, 3.8) is 0 Å². The first-order valence-electron chi connectivity index (χ1n) is 9.58. The van der Waals surface area contributed by atoms with E-state index >= 15 is 0 Å². The molecule has 1 heterocycles. The van der Waals surface area contributed by atoms with Crippen molar-refractivity contribution in [1.29, 1.82) is 0 Å². The molecule has 1 aliphatic carbocycles. The highest BCUT2D eigenvalue weighted by Crippen LogP contribution is 2.32. The van der Waals surface area contributed by atoms with Gasteiger partial charge in [0.1, 0.15) is 11.3 Å². The maximum atomic E-state index is 13.2. The number of imide groups is 1. The van der Waals surface area contributed by atoms with Gasteiger partial charge >= 0.3 is 6.03 Å². The van der Waals surface area contributed by atoms with Crippen molar-refractivity contribution in [3.8, 4) is 5.75 Å². The first-order chi connectivity index (χ1) is 13.5. The van der Waals surface area contributed by atoms with E-state index < -0.39 is 5.54 Å². The quantitative estimate of drug-likeness (QED) is 0.751. The number of nitrogens with zero attached hydrogens (tertiary/aromatic N) is 2. The minimum atomic E-state index is -1.02. The van der Waals surface area contributed by atoms with Gasteiger partial charge in [-0.2, -0.15) is 0 Å². The van der Waals surface area contributed by atoms with Crippen molar-refractivity contribution in [2.45, 2.75) is 37.9 Å². The fourth-order valence-corrected chi connectivity index (χ4v) is 3.67. The van der Waals surface area contributed by atoms with E-state index in [9.17, 15) is 9.59 Å². The van der Waals surface area contributed by atoms with Gasteiger partial charge in [0, 0.05) is 12.6 Å². The molecule has 1 saturated carbocycles. The Morgan fingerprint density at radius 2 is 1.79 bits per heavy atom. The molecule has 3 amide bonds. The van der Waals surface area contributed by atoms with E-state index in [1.54, 1.807) is 14.0 Å². The molecule has 1 N–H and O–H groups in total. The van der Waals surface area contributed by atoms with E-state index in [0.29, 0.717) is 19.3 Å². The van der Waals surface area contributed by atoms with Gasteiger partial charge in [0.05, 0.1) is 13.8 Å². The molecular formula is C22H25N3O3. The van der Waals surface area contributed by atoms with Crippen LogP contribution in [0.15, 0.2) is 54.6 Å². The van der Waals surface area contributed by atoms with Crippen LogP contribution in [0.1, 0.15) is 30.9 Å². The van der Waals surface area contributed by atoms with E-state index in [-0.39, 0.29) is 11.9 Å². The third kappa shape index (κ3) is 3.47. The number of benzene rings is 2. The number of carbonyl (C=O) groups excluding carboxylic acids is 2. The molecule has 2 aromatic carbocycles. The van der Waals surface area contributed by atoms with Crippen molar-refractivity contribution in [3.05, 3.63) is 65.7 Å². The van der Waals surface area contributed by atoms with Crippen molar-refractivity contribution in [2.24, 2.45) is 0 Å². The molecule has 6 nitrogen and oxygen atoms in total. The van der Waals surface area contributed by atoms with Crippen LogP contribution in [-0.2, 0) is 16.9 Å². The number of ether oxygens (including phenoxy) is 1. The highest BCUT2D eigenvalue weighted by molar-refractivity contribution is 6.07. The average Bonchev–Trinajstić information content (AvgIpc) is 3.53. The lowest BCUT2D eigenvalue weighted by Gasteiger charge is -2.27. The second-order valence-electron chi connectivity index (χ2n) is 7.62. The topological polar surface area (TPSA) is 61.9 Å². The zero-order chi connectivity index (χ0) is 19.7. The van der Waals surface area contributed by atoms with E-state index in [2.05, 4.69) is 10.2 Å². The number of urea groups is 1. The van der Waals surface area contributed by atoms with Crippen LogP contribution in [-0.4, -0.2) is 41.6 Å². The highest BCUT2D eigenvalue weighted by Gasteiger charge is 2.49. The fourth-order valence-electron chi connectivity index (χ4n) is 3.67. The zero-order valence-electron chi connectivity index (χ0n) is 16.2. The molecule has 0 radical (unpaired) electrons. The lowest BCUT2D eigenvalue weighted by atomic mass is 9.92. The number of methoxy groups -OCH3 is 1. The normalized spacial score (nSPS) is 21.9. The second-order valence-corrected chi connectivity index (χ2v) is 7.62. The summed E-state index contributed by atoms with van der Waals surface area (Å²) in [7, 11) is 1.65. The first kappa shape index (κ1) is 18.5. The lowest BCUT2D eigenvalue weighted by Crippen LogP contribution is -2.44. The van der Waals surface area contributed by atoms with Crippen LogP contribution in [0.4, 0.5) is 4.79 Å². The van der Waals surface area contributed by atoms with Gasteiger partial charge in [-0.1, -0.05) is 42.5 Å². The second kappa shape index (κ2) is 7.28. The van der Waals surface area contributed by atoms with Gasteiger partial charge in [0.25, 0.3) is 5.91 Å². The molecule has 1 saturated heterocycles. The minimum Gasteiger partial charge on any atom is -0.497 e. The average molecular weight is 379 g/mol.